The number of allylic oxidation sites excluding steroid dienone is 1. The van der Waals surface area contributed by atoms with Crippen molar-refractivity contribution >= 4 is 0 Å². The van der Waals surface area contributed by atoms with Crippen LogP contribution in [0.1, 0.15) is 11.3 Å². The van der Waals surface area contributed by atoms with Crippen molar-refractivity contribution in [1.29, 1.82) is 0 Å². The number of H-pyrrole nitrogens is 1. The smallest absolute Gasteiger partial charge is 0.416 e. The molecule has 0 fully saturated rings. The Bertz CT molecular complexity index is 701. The maximum atomic E-state index is 12.6. The van der Waals surface area contributed by atoms with Gasteiger partial charge in [0.05, 0.1) is 11.3 Å². The predicted octanol–water partition coefficient (Wildman–Crippen LogP) is 2.01. The van der Waals surface area contributed by atoms with Crippen molar-refractivity contribution in [2.75, 3.05) is 0 Å². The highest BCUT2D eigenvalue weighted by Gasteiger charge is 2.31. The van der Waals surface area contributed by atoms with E-state index in [2.05, 4.69) is 16.5 Å². The minimum Gasteiger partial charge on any atom is -0.493 e. The maximum Gasteiger partial charge on any atom is 0.416 e. The summed E-state index contributed by atoms with van der Waals surface area (Å²) in [6.07, 6.45) is -2.02. The van der Waals surface area contributed by atoms with Crippen LogP contribution in [0.4, 0.5) is 13.2 Å². The molecule has 0 saturated carbocycles. The van der Waals surface area contributed by atoms with Gasteiger partial charge in [0.25, 0.3) is 0 Å². The lowest BCUT2D eigenvalue weighted by atomic mass is 10.2. The first-order valence-electron chi connectivity index (χ1n) is 5.52. The highest BCUT2D eigenvalue weighted by atomic mass is 19.4. The molecule has 2 aromatic rings. The minimum atomic E-state index is -4.56. The molecule has 8 heteroatoms. The number of nitrogens with one attached hydrogen (secondary N) is 1. The normalized spacial score (nSPS) is 11.6. The van der Waals surface area contributed by atoms with Crippen LogP contribution in [0.2, 0.25) is 0 Å². The number of hydrogen-bond donors (Lipinski definition) is 2. The van der Waals surface area contributed by atoms with Gasteiger partial charge in [0.15, 0.2) is 0 Å². The summed E-state index contributed by atoms with van der Waals surface area (Å²) in [6.45, 7) is 3.45. The summed E-state index contributed by atoms with van der Waals surface area (Å²) in [5.41, 5.74) is -1.57. The summed E-state index contributed by atoms with van der Waals surface area (Å²) in [7, 11) is 0. The Labute approximate surface area is 111 Å². The third kappa shape index (κ3) is 2.44. The van der Waals surface area contributed by atoms with Gasteiger partial charge in [0, 0.05) is 12.6 Å². The second-order valence-electron chi connectivity index (χ2n) is 3.96. The Kier molecular flexibility index (Phi) is 3.39. The molecule has 0 unspecified atom stereocenters. The fourth-order valence-electron chi connectivity index (χ4n) is 1.69. The van der Waals surface area contributed by atoms with Gasteiger partial charge in [-0.2, -0.15) is 13.2 Å². The molecule has 0 spiro atoms. The van der Waals surface area contributed by atoms with Gasteiger partial charge in [-0.05, 0) is 12.1 Å². The van der Waals surface area contributed by atoms with Crippen molar-refractivity contribution in [3.8, 4) is 11.7 Å². The summed E-state index contributed by atoms with van der Waals surface area (Å²) in [5.74, 6) is -0.796. The molecule has 2 heterocycles. The first-order valence-corrected chi connectivity index (χ1v) is 5.52. The molecule has 0 aliphatic rings. The first kappa shape index (κ1) is 13.9. The third-order valence-corrected chi connectivity index (χ3v) is 2.59. The van der Waals surface area contributed by atoms with E-state index in [4.69, 9.17) is 0 Å². The number of rotatable bonds is 3. The van der Waals surface area contributed by atoms with Crippen molar-refractivity contribution in [3.63, 3.8) is 0 Å². The van der Waals surface area contributed by atoms with Crippen LogP contribution in [0.25, 0.3) is 5.82 Å². The zero-order chi connectivity index (χ0) is 14.9. The zero-order valence-electron chi connectivity index (χ0n) is 10.1. The molecule has 106 valence electrons. The molecule has 0 atom stereocenters. The van der Waals surface area contributed by atoms with Gasteiger partial charge in [0.2, 0.25) is 5.88 Å². The van der Waals surface area contributed by atoms with Crippen LogP contribution in [0.15, 0.2) is 35.8 Å². The van der Waals surface area contributed by atoms with Gasteiger partial charge in [-0.25, -0.2) is 14.3 Å². The zero-order valence-corrected chi connectivity index (χ0v) is 10.1. The second kappa shape index (κ2) is 4.87. The number of aromatic hydroxyl groups is 1. The second-order valence-corrected chi connectivity index (χ2v) is 3.96. The molecule has 2 aromatic heterocycles. The van der Waals surface area contributed by atoms with Crippen LogP contribution in [-0.2, 0) is 12.6 Å². The van der Waals surface area contributed by atoms with Gasteiger partial charge in [-0.1, -0.05) is 6.08 Å². The maximum absolute atomic E-state index is 12.6. The van der Waals surface area contributed by atoms with E-state index in [1.807, 2.05) is 0 Å². The third-order valence-electron chi connectivity index (χ3n) is 2.59. The topological polar surface area (TPSA) is 70.9 Å². The van der Waals surface area contributed by atoms with Gasteiger partial charge in [-0.15, -0.1) is 6.58 Å². The van der Waals surface area contributed by atoms with E-state index in [1.165, 1.54) is 6.08 Å². The number of aromatic amines is 1. The van der Waals surface area contributed by atoms with Crippen molar-refractivity contribution in [2.45, 2.75) is 12.6 Å². The number of alkyl halides is 3. The van der Waals surface area contributed by atoms with E-state index in [1.54, 1.807) is 0 Å². The number of hydrogen-bond acceptors (Lipinski definition) is 3. The highest BCUT2D eigenvalue weighted by molar-refractivity contribution is 5.35. The van der Waals surface area contributed by atoms with E-state index in [0.29, 0.717) is 10.6 Å². The van der Waals surface area contributed by atoms with Crippen LogP contribution in [0, 0.1) is 0 Å². The van der Waals surface area contributed by atoms with E-state index >= 15 is 0 Å². The Balaban J connectivity index is 2.58. The number of aromatic nitrogens is 3. The van der Waals surface area contributed by atoms with E-state index < -0.39 is 23.3 Å². The van der Waals surface area contributed by atoms with E-state index in [-0.39, 0.29) is 17.9 Å². The number of halogens is 3. The fourth-order valence-corrected chi connectivity index (χ4v) is 1.69. The van der Waals surface area contributed by atoms with Gasteiger partial charge < -0.3 is 10.1 Å². The van der Waals surface area contributed by atoms with Crippen molar-refractivity contribution in [1.82, 2.24) is 14.5 Å². The summed E-state index contributed by atoms with van der Waals surface area (Å²) < 4.78 is 38.5. The van der Waals surface area contributed by atoms with Crippen LogP contribution >= 0.6 is 0 Å². The van der Waals surface area contributed by atoms with Crippen LogP contribution in [0.5, 0.6) is 5.88 Å². The lowest BCUT2D eigenvalue weighted by Gasteiger charge is -2.08. The summed E-state index contributed by atoms with van der Waals surface area (Å²) in [4.78, 5) is 17.7. The molecule has 0 aromatic carbocycles. The summed E-state index contributed by atoms with van der Waals surface area (Å²) in [6, 6.07) is 1.47. The molecule has 0 aliphatic carbocycles. The Morgan fingerprint density at radius 1 is 1.50 bits per heavy atom. The molecule has 0 radical (unpaired) electrons. The average Bonchev–Trinajstić information content (AvgIpc) is 2.64. The number of pyridine rings is 1. The first-order chi connectivity index (χ1) is 9.34. The fraction of sp³-hybridized carbons (Fsp3) is 0.167. The number of imidazole rings is 1. The molecule has 0 bridgehead atoms. The highest BCUT2D eigenvalue weighted by Crippen LogP contribution is 2.30. The Morgan fingerprint density at radius 3 is 2.80 bits per heavy atom. The monoisotopic (exact) mass is 285 g/mol. The molecule has 0 aliphatic heterocycles. The quantitative estimate of drug-likeness (QED) is 0.847. The molecular weight excluding hydrogens is 275 g/mol. The van der Waals surface area contributed by atoms with E-state index in [0.717, 1.165) is 12.3 Å². The summed E-state index contributed by atoms with van der Waals surface area (Å²) >= 11 is 0. The van der Waals surface area contributed by atoms with E-state index in [9.17, 15) is 23.1 Å². The molecule has 2 rings (SSSR count). The van der Waals surface area contributed by atoms with Gasteiger partial charge in [-0.3, -0.25) is 0 Å². The Hall–Kier alpha value is -2.51. The van der Waals surface area contributed by atoms with Crippen molar-refractivity contribution in [2.24, 2.45) is 0 Å². The minimum absolute atomic E-state index is 0.157. The lowest BCUT2D eigenvalue weighted by Crippen LogP contribution is -2.16. The van der Waals surface area contributed by atoms with Gasteiger partial charge in [0.1, 0.15) is 5.82 Å². The van der Waals surface area contributed by atoms with Crippen LogP contribution in [-0.4, -0.2) is 19.6 Å². The van der Waals surface area contributed by atoms with Crippen molar-refractivity contribution < 1.29 is 18.3 Å². The standard InChI is InChI=1S/C12H10F3N3O2/c1-2-3-8-10(19)18(11(20)17-8)9-6-7(4-5-16-9)12(13,14)15/h2,4-6,19H,1,3H2,(H,17,20). The summed E-state index contributed by atoms with van der Waals surface area (Å²) in [5, 5.41) is 9.85. The van der Waals surface area contributed by atoms with Gasteiger partial charge >= 0.3 is 11.9 Å². The average molecular weight is 285 g/mol. The largest absolute Gasteiger partial charge is 0.493 e. The van der Waals surface area contributed by atoms with Crippen LogP contribution in [0.3, 0.4) is 0 Å². The molecule has 5 nitrogen and oxygen atoms in total. The SMILES string of the molecule is C=CCc1[nH]c(=O)n(-c2cc(C(F)(F)F)ccn2)c1O. The Morgan fingerprint density at radius 2 is 2.20 bits per heavy atom. The molecule has 20 heavy (non-hydrogen) atoms. The van der Waals surface area contributed by atoms with Crippen LogP contribution < -0.4 is 5.69 Å². The molecule has 0 amide bonds. The molecule has 2 N–H and O–H groups in total. The molecular formula is C12H10F3N3O2. The lowest BCUT2D eigenvalue weighted by molar-refractivity contribution is -0.137. The van der Waals surface area contributed by atoms with Crippen molar-refractivity contribution in [3.05, 3.63) is 52.7 Å². The molecule has 0 saturated heterocycles. The number of nitrogens with zero attached hydrogens (tertiary/aromatic N) is 2. The predicted molar refractivity (Wildman–Crippen MR) is 64.8 cm³/mol.